The topological polar surface area (TPSA) is 20.3 Å². The lowest BCUT2D eigenvalue weighted by Gasteiger charge is -2.22. The first-order valence-corrected chi connectivity index (χ1v) is 6.08. The van der Waals surface area contributed by atoms with Crippen LogP contribution in [-0.4, -0.2) is 29.8 Å². The van der Waals surface area contributed by atoms with Crippen molar-refractivity contribution in [3.8, 4) is 0 Å². The van der Waals surface area contributed by atoms with E-state index < -0.39 is 0 Å². The highest BCUT2D eigenvalue weighted by atomic mass is 16.1. The van der Waals surface area contributed by atoms with Crippen LogP contribution in [0.25, 0.3) is 0 Å². The summed E-state index contributed by atoms with van der Waals surface area (Å²) in [7, 11) is 0. The van der Waals surface area contributed by atoms with Crippen LogP contribution in [0.1, 0.15) is 45.4 Å². The maximum Gasteiger partial charge on any atom is 0.149 e. The minimum Gasteiger partial charge on any atom is -0.298 e. The van der Waals surface area contributed by atoms with Gasteiger partial charge in [0.1, 0.15) is 5.78 Å². The van der Waals surface area contributed by atoms with Crippen LogP contribution in [0, 0.1) is 5.92 Å². The maximum absolute atomic E-state index is 11.6. The molecule has 1 saturated heterocycles. The van der Waals surface area contributed by atoms with E-state index in [4.69, 9.17) is 0 Å². The molecule has 2 nitrogen and oxygen atoms in total. The molecule has 0 aromatic rings. The fraction of sp³-hybridized carbons (Fsp3) is 0.917. The molecule has 0 N–H and O–H groups in total. The predicted molar refractivity (Wildman–Crippen MR) is 57.2 cm³/mol. The summed E-state index contributed by atoms with van der Waals surface area (Å²) < 4.78 is 0. The number of hydrogen-bond donors (Lipinski definition) is 0. The zero-order valence-corrected chi connectivity index (χ0v) is 9.17. The Morgan fingerprint density at radius 1 is 1.43 bits per heavy atom. The van der Waals surface area contributed by atoms with Crippen LogP contribution >= 0.6 is 0 Å². The predicted octanol–water partition coefficient (Wildman–Crippen LogP) is 2.23. The molecule has 1 aliphatic heterocycles. The normalized spacial score (nSPS) is 34.2. The van der Waals surface area contributed by atoms with Gasteiger partial charge in [-0.2, -0.15) is 0 Å². The van der Waals surface area contributed by atoms with Crippen molar-refractivity contribution in [1.82, 2.24) is 4.90 Å². The number of rotatable bonds is 3. The average molecular weight is 195 g/mol. The second-order valence-electron chi connectivity index (χ2n) is 4.81. The van der Waals surface area contributed by atoms with Gasteiger partial charge in [-0.05, 0) is 38.1 Å². The Balaban J connectivity index is 1.85. The van der Waals surface area contributed by atoms with Crippen LogP contribution in [0.15, 0.2) is 0 Å². The molecular formula is C12H21NO. The minimum absolute atomic E-state index is 0.303. The molecule has 0 aromatic carbocycles. The highest BCUT2D eigenvalue weighted by molar-refractivity contribution is 5.85. The van der Waals surface area contributed by atoms with Crippen molar-refractivity contribution in [2.45, 2.75) is 51.5 Å². The van der Waals surface area contributed by atoms with Gasteiger partial charge in [-0.15, -0.1) is 0 Å². The fourth-order valence-corrected chi connectivity index (χ4v) is 2.97. The quantitative estimate of drug-likeness (QED) is 0.688. The Kier molecular flexibility index (Phi) is 3.22. The highest BCUT2D eigenvalue weighted by Gasteiger charge is 2.34. The third-order valence-electron chi connectivity index (χ3n) is 3.73. The van der Waals surface area contributed by atoms with Gasteiger partial charge in [-0.1, -0.05) is 13.3 Å². The number of carbonyl (C=O) groups is 1. The van der Waals surface area contributed by atoms with Crippen molar-refractivity contribution in [2.24, 2.45) is 5.92 Å². The summed E-state index contributed by atoms with van der Waals surface area (Å²) >= 11 is 0. The van der Waals surface area contributed by atoms with Crippen molar-refractivity contribution in [2.75, 3.05) is 13.1 Å². The molecule has 2 aliphatic rings. The van der Waals surface area contributed by atoms with E-state index in [2.05, 4.69) is 11.8 Å². The lowest BCUT2D eigenvalue weighted by atomic mass is 10.0. The van der Waals surface area contributed by atoms with E-state index in [9.17, 15) is 4.79 Å². The molecule has 0 bridgehead atoms. The molecular weight excluding hydrogens is 174 g/mol. The van der Waals surface area contributed by atoms with Gasteiger partial charge in [-0.3, -0.25) is 9.69 Å². The molecule has 0 radical (unpaired) electrons. The first kappa shape index (κ1) is 10.2. The molecule has 80 valence electrons. The first-order chi connectivity index (χ1) is 6.81. The monoisotopic (exact) mass is 195 g/mol. The third kappa shape index (κ3) is 2.00. The van der Waals surface area contributed by atoms with Crippen molar-refractivity contribution in [1.29, 1.82) is 0 Å². The molecule has 0 spiro atoms. The standard InChI is InChI=1S/C12H21NO/c1-2-4-10-7-8-13(9-10)11-5-3-6-12(11)14/h10-11H,2-9H2,1H3. The van der Waals surface area contributed by atoms with E-state index in [0.717, 1.165) is 25.2 Å². The van der Waals surface area contributed by atoms with E-state index in [-0.39, 0.29) is 0 Å². The van der Waals surface area contributed by atoms with Crippen LogP contribution in [0.3, 0.4) is 0 Å². The lowest BCUT2D eigenvalue weighted by Crippen LogP contribution is -2.36. The Labute approximate surface area is 86.7 Å². The number of hydrogen-bond acceptors (Lipinski definition) is 2. The number of likely N-dealkylation sites (tertiary alicyclic amines) is 1. The molecule has 2 atom stereocenters. The van der Waals surface area contributed by atoms with E-state index in [1.165, 1.54) is 32.4 Å². The van der Waals surface area contributed by atoms with Crippen molar-refractivity contribution in [3.63, 3.8) is 0 Å². The highest BCUT2D eigenvalue weighted by Crippen LogP contribution is 2.28. The molecule has 0 amide bonds. The second kappa shape index (κ2) is 4.43. The molecule has 14 heavy (non-hydrogen) atoms. The van der Waals surface area contributed by atoms with Crippen LogP contribution in [-0.2, 0) is 4.79 Å². The van der Waals surface area contributed by atoms with Gasteiger partial charge >= 0.3 is 0 Å². The van der Waals surface area contributed by atoms with Gasteiger partial charge in [0.05, 0.1) is 6.04 Å². The van der Waals surface area contributed by atoms with Gasteiger partial charge < -0.3 is 0 Å². The molecule has 2 unspecified atom stereocenters. The average Bonchev–Trinajstić information content (AvgIpc) is 2.74. The van der Waals surface area contributed by atoms with Crippen molar-refractivity contribution in [3.05, 3.63) is 0 Å². The molecule has 1 aliphatic carbocycles. The molecule has 0 aromatic heterocycles. The molecule has 1 heterocycles. The van der Waals surface area contributed by atoms with E-state index in [1.807, 2.05) is 0 Å². The van der Waals surface area contributed by atoms with Crippen molar-refractivity contribution < 1.29 is 4.79 Å². The molecule has 2 fully saturated rings. The second-order valence-corrected chi connectivity index (χ2v) is 4.81. The Bertz CT molecular complexity index is 214. The number of nitrogens with zero attached hydrogens (tertiary/aromatic N) is 1. The fourth-order valence-electron chi connectivity index (χ4n) is 2.97. The van der Waals surface area contributed by atoms with Crippen LogP contribution in [0.2, 0.25) is 0 Å². The summed E-state index contributed by atoms with van der Waals surface area (Å²) in [5.74, 6) is 1.37. The minimum atomic E-state index is 0.303. The Morgan fingerprint density at radius 2 is 2.29 bits per heavy atom. The van der Waals surface area contributed by atoms with Gasteiger partial charge in [0, 0.05) is 13.0 Å². The summed E-state index contributed by atoms with van der Waals surface area (Å²) in [6, 6.07) is 0.303. The number of Topliss-reactive ketones (excluding diaryl/α,β-unsaturated/α-hetero) is 1. The molecule has 2 rings (SSSR count). The van der Waals surface area contributed by atoms with E-state index in [0.29, 0.717) is 11.8 Å². The van der Waals surface area contributed by atoms with Crippen molar-refractivity contribution >= 4 is 5.78 Å². The number of ketones is 1. The largest absolute Gasteiger partial charge is 0.298 e. The first-order valence-electron chi connectivity index (χ1n) is 6.08. The summed E-state index contributed by atoms with van der Waals surface area (Å²) in [6.07, 6.45) is 7.03. The van der Waals surface area contributed by atoms with Crippen LogP contribution < -0.4 is 0 Å². The zero-order valence-electron chi connectivity index (χ0n) is 9.17. The Morgan fingerprint density at radius 3 is 2.93 bits per heavy atom. The van der Waals surface area contributed by atoms with Crippen LogP contribution in [0.5, 0.6) is 0 Å². The van der Waals surface area contributed by atoms with Gasteiger partial charge in [0.15, 0.2) is 0 Å². The summed E-state index contributed by atoms with van der Waals surface area (Å²) in [5, 5.41) is 0. The Hall–Kier alpha value is -0.370. The lowest BCUT2D eigenvalue weighted by molar-refractivity contribution is -0.121. The van der Waals surface area contributed by atoms with E-state index in [1.54, 1.807) is 0 Å². The van der Waals surface area contributed by atoms with Crippen LogP contribution in [0.4, 0.5) is 0 Å². The van der Waals surface area contributed by atoms with Gasteiger partial charge in [0.2, 0.25) is 0 Å². The summed E-state index contributed by atoms with van der Waals surface area (Å²) in [5.41, 5.74) is 0. The zero-order chi connectivity index (χ0) is 9.97. The molecule has 1 saturated carbocycles. The molecule has 2 heteroatoms. The smallest absolute Gasteiger partial charge is 0.149 e. The third-order valence-corrected chi connectivity index (χ3v) is 3.73. The summed E-state index contributed by atoms with van der Waals surface area (Å²) in [6.45, 7) is 4.61. The summed E-state index contributed by atoms with van der Waals surface area (Å²) in [4.78, 5) is 14.0. The van der Waals surface area contributed by atoms with Gasteiger partial charge in [-0.25, -0.2) is 0 Å². The van der Waals surface area contributed by atoms with E-state index >= 15 is 0 Å². The SMILES string of the molecule is CCCC1CCN(C2CCCC2=O)C1. The maximum atomic E-state index is 11.6. The van der Waals surface area contributed by atoms with Gasteiger partial charge in [0.25, 0.3) is 0 Å². The number of carbonyl (C=O) groups excluding carboxylic acids is 1.